The highest BCUT2D eigenvalue weighted by Gasteiger charge is 2.20. The van der Waals surface area contributed by atoms with Gasteiger partial charge in [-0.05, 0) is 37.1 Å². The maximum atomic E-state index is 13.3. The number of carbonyl (C=O) groups is 1. The smallest absolute Gasteiger partial charge is 0.334 e. The average molecular weight is 428 g/mol. The molecular weight excluding hydrogens is 408 g/mol. The second-order valence-electron chi connectivity index (χ2n) is 7.78. The van der Waals surface area contributed by atoms with Gasteiger partial charge in [-0.2, -0.15) is 5.10 Å². The van der Waals surface area contributed by atoms with E-state index in [4.69, 9.17) is 0 Å². The molecule has 160 valence electrons. The number of aryl methyl sites for hydroxylation is 3. The van der Waals surface area contributed by atoms with Crippen LogP contribution in [0.25, 0.3) is 38.9 Å². The zero-order chi connectivity index (χ0) is 22.6. The van der Waals surface area contributed by atoms with Crippen LogP contribution in [0.2, 0.25) is 0 Å². The van der Waals surface area contributed by atoms with Gasteiger partial charge in [0.2, 0.25) is 0 Å². The second kappa shape index (κ2) is 7.16. The Morgan fingerprint density at radius 1 is 1.06 bits per heavy atom. The lowest BCUT2D eigenvalue weighted by atomic mass is 10.1. The number of fused-ring (bicyclic) bond motifs is 2. The molecule has 0 amide bonds. The molecule has 0 atom stereocenters. The first-order valence-electron chi connectivity index (χ1n) is 10.0. The highest BCUT2D eigenvalue weighted by atomic mass is 16.4. The standard InChI is InChI=1S/C23H20N6O3/c1-13-5-4-6-18-22(13)29(23(32)28(18)12-21(30)31)19-11-25-17(7-14(19)2)15-8-24-10-20-16(15)9-26-27(20)3/h4-11H,12H2,1-3H3,(H,30,31). The Morgan fingerprint density at radius 2 is 1.88 bits per heavy atom. The van der Waals surface area contributed by atoms with Gasteiger partial charge in [0.25, 0.3) is 0 Å². The van der Waals surface area contributed by atoms with E-state index < -0.39 is 18.2 Å². The van der Waals surface area contributed by atoms with Crippen LogP contribution in [0.1, 0.15) is 11.1 Å². The third-order valence-electron chi connectivity index (χ3n) is 5.72. The van der Waals surface area contributed by atoms with Crippen molar-refractivity contribution in [1.82, 2.24) is 28.9 Å². The summed E-state index contributed by atoms with van der Waals surface area (Å²) in [5.41, 5.74) is 5.61. The molecule has 0 bridgehead atoms. The Balaban J connectivity index is 1.73. The highest BCUT2D eigenvalue weighted by Crippen LogP contribution is 2.29. The first-order chi connectivity index (χ1) is 15.4. The van der Waals surface area contributed by atoms with E-state index in [1.165, 1.54) is 4.57 Å². The fourth-order valence-corrected chi connectivity index (χ4v) is 4.18. The number of rotatable bonds is 4. The van der Waals surface area contributed by atoms with E-state index in [9.17, 15) is 14.7 Å². The third kappa shape index (κ3) is 2.89. The molecule has 4 aromatic heterocycles. The lowest BCUT2D eigenvalue weighted by Gasteiger charge is -2.11. The lowest BCUT2D eigenvalue weighted by Crippen LogP contribution is -2.26. The molecule has 0 saturated carbocycles. The van der Waals surface area contributed by atoms with Crippen molar-refractivity contribution >= 4 is 27.9 Å². The van der Waals surface area contributed by atoms with Crippen LogP contribution in [-0.2, 0) is 18.4 Å². The van der Waals surface area contributed by atoms with Crippen molar-refractivity contribution in [2.45, 2.75) is 20.4 Å². The Bertz CT molecular complexity index is 1590. The van der Waals surface area contributed by atoms with Gasteiger partial charge in [0.1, 0.15) is 6.54 Å². The summed E-state index contributed by atoms with van der Waals surface area (Å²) in [4.78, 5) is 33.6. The number of carboxylic acid groups (broad SMARTS) is 1. The topological polar surface area (TPSA) is 108 Å². The summed E-state index contributed by atoms with van der Waals surface area (Å²) in [5, 5.41) is 14.6. The summed E-state index contributed by atoms with van der Waals surface area (Å²) in [6, 6.07) is 7.38. The van der Waals surface area contributed by atoms with Crippen LogP contribution in [0.5, 0.6) is 0 Å². The molecule has 0 saturated heterocycles. The second-order valence-corrected chi connectivity index (χ2v) is 7.78. The van der Waals surface area contributed by atoms with E-state index >= 15 is 0 Å². The highest BCUT2D eigenvalue weighted by molar-refractivity contribution is 5.93. The maximum absolute atomic E-state index is 13.3. The summed E-state index contributed by atoms with van der Waals surface area (Å²) in [6.07, 6.45) is 6.94. The van der Waals surface area contributed by atoms with Crippen molar-refractivity contribution in [3.63, 3.8) is 0 Å². The van der Waals surface area contributed by atoms with Crippen LogP contribution in [0, 0.1) is 13.8 Å². The Kier molecular flexibility index (Phi) is 4.40. The minimum atomic E-state index is -1.07. The van der Waals surface area contributed by atoms with Crippen LogP contribution in [0.15, 0.2) is 53.8 Å². The molecule has 0 spiro atoms. The summed E-state index contributed by atoms with van der Waals surface area (Å²) in [6.45, 7) is 3.39. The molecule has 5 rings (SSSR count). The molecule has 0 radical (unpaired) electrons. The molecule has 9 nitrogen and oxygen atoms in total. The Hall–Kier alpha value is -4.27. The van der Waals surface area contributed by atoms with Gasteiger partial charge in [-0.3, -0.25) is 28.6 Å². The van der Waals surface area contributed by atoms with Crippen LogP contribution < -0.4 is 5.69 Å². The van der Waals surface area contributed by atoms with E-state index in [0.29, 0.717) is 16.7 Å². The average Bonchev–Trinajstić information content (AvgIpc) is 3.27. The van der Waals surface area contributed by atoms with Gasteiger partial charge in [0, 0.05) is 24.2 Å². The van der Waals surface area contributed by atoms with Gasteiger partial charge < -0.3 is 5.11 Å². The molecule has 1 aromatic carbocycles. The summed E-state index contributed by atoms with van der Waals surface area (Å²) >= 11 is 0. The van der Waals surface area contributed by atoms with E-state index in [1.54, 1.807) is 40.1 Å². The van der Waals surface area contributed by atoms with Crippen molar-refractivity contribution in [2.24, 2.45) is 7.05 Å². The number of benzene rings is 1. The zero-order valence-corrected chi connectivity index (χ0v) is 17.8. The Labute approximate surface area is 182 Å². The normalized spacial score (nSPS) is 11.5. The molecule has 4 heterocycles. The molecule has 0 fully saturated rings. The molecule has 5 aromatic rings. The quantitative estimate of drug-likeness (QED) is 0.472. The largest absolute Gasteiger partial charge is 0.480 e. The monoisotopic (exact) mass is 428 g/mol. The first kappa shape index (κ1) is 19.7. The van der Waals surface area contributed by atoms with Crippen molar-refractivity contribution in [3.05, 3.63) is 70.7 Å². The molecule has 0 aliphatic rings. The number of aromatic nitrogens is 6. The lowest BCUT2D eigenvalue weighted by molar-refractivity contribution is -0.137. The van der Waals surface area contributed by atoms with Crippen LogP contribution in [0.3, 0.4) is 0 Å². The zero-order valence-electron chi connectivity index (χ0n) is 17.8. The minimum absolute atomic E-state index is 0.412. The number of hydrogen-bond donors (Lipinski definition) is 1. The molecule has 0 aliphatic heterocycles. The predicted octanol–water partition coefficient (Wildman–Crippen LogP) is 2.84. The van der Waals surface area contributed by atoms with Crippen LogP contribution in [0.4, 0.5) is 0 Å². The van der Waals surface area contributed by atoms with Crippen molar-refractivity contribution in [2.75, 3.05) is 0 Å². The first-order valence-corrected chi connectivity index (χ1v) is 10.0. The van der Waals surface area contributed by atoms with E-state index in [2.05, 4.69) is 15.1 Å². The molecule has 0 aliphatic carbocycles. The number of aliphatic carboxylic acids is 1. The number of imidazole rings is 1. The Morgan fingerprint density at radius 3 is 2.62 bits per heavy atom. The molecular formula is C23H20N6O3. The van der Waals surface area contributed by atoms with E-state index in [0.717, 1.165) is 33.3 Å². The fourth-order valence-electron chi connectivity index (χ4n) is 4.18. The van der Waals surface area contributed by atoms with Gasteiger partial charge in [0.05, 0.1) is 46.5 Å². The van der Waals surface area contributed by atoms with Crippen molar-refractivity contribution in [3.8, 4) is 16.9 Å². The molecule has 1 N–H and O–H groups in total. The van der Waals surface area contributed by atoms with Crippen molar-refractivity contribution < 1.29 is 9.90 Å². The maximum Gasteiger partial charge on any atom is 0.334 e. The van der Waals surface area contributed by atoms with Crippen LogP contribution in [-0.4, -0.2) is 40.0 Å². The van der Waals surface area contributed by atoms with E-state index in [1.807, 2.05) is 39.1 Å². The van der Waals surface area contributed by atoms with Gasteiger partial charge in [-0.1, -0.05) is 12.1 Å². The fraction of sp³-hybridized carbons (Fsp3) is 0.174. The predicted molar refractivity (Wildman–Crippen MR) is 120 cm³/mol. The number of carboxylic acids is 1. The number of nitrogens with zero attached hydrogens (tertiary/aromatic N) is 6. The number of para-hydroxylation sites is 1. The molecule has 9 heteroatoms. The van der Waals surface area contributed by atoms with Gasteiger partial charge >= 0.3 is 11.7 Å². The third-order valence-corrected chi connectivity index (χ3v) is 5.72. The molecule has 32 heavy (non-hydrogen) atoms. The number of pyridine rings is 2. The minimum Gasteiger partial charge on any atom is -0.480 e. The van der Waals surface area contributed by atoms with Gasteiger partial charge in [-0.25, -0.2) is 4.79 Å². The molecule has 0 unspecified atom stereocenters. The van der Waals surface area contributed by atoms with Crippen LogP contribution >= 0.6 is 0 Å². The van der Waals surface area contributed by atoms with E-state index in [-0.39, 0.29) is 0 Å². The number of hydrogen-bond acceptors (Lipinski definition) is 5. The van der Waals surface area contributed by atoms with Crippen molar-refractivity contribution in [1.29, 1.82) is 0 Å². The summed E-state index contributed by atoms with van der Waals surface area (Å²) in [5.74, 6) is -1.07. The summed E-state index contributed by atoms with van der Waals surface area (Å²) in [7, 11) is 1.86. The van der Waals surface area contributed by atoms with Gasteiger partial charge in [-0.15, -0.1) is 0 Å². The SMILES string of the molecule is Cc1cc(-c2cncc3c2cnn3C)ncc1-n1c(=O)n(CC(=O)O)c2cccc(C)c21. The van der Waals surface area contributed by atoms with Gasteiger partial charge in [0.15, 0.2) is 0 Å². The summed E-state index contributed by atoms with van der Waals surface area (Å²) < 4.78 is 4.58.